The lowest BCUT2D eigenvalue weighted by molar-refractivity contribution is -0.652. The maximum absolute atomic E-state index is 6.14. The molecule has 0 radical (unpaired) electrons. The number of fused-ring (bicyclic) bond motifs is 6. The van der Waals surface area contributed by atoms with Gasteiger partial charge in [0.25, 0.3) is 5.82 Å². The minimum atomic E-state index is 0.938. The fraction of sp³-hybridized carbons (Fsp3) is 0.100. The molecule has 2 heterocycles. The molecule has 3 heteroatoms. The van der Waals surface area contributed by atoms with Gasteiger partial charge >= 0.3 is 0 Å². The second-order valence-electron chi connectivity index (χ2n) is 9.06. The van der Waals surface area contributed by atoms with Crippen LogP contribution in [0.2, 0.25) is 0 Å². The van der Waals surface area contributed by atoms with Crippen molar-refractivity contribution in [3.63, 3.8) is 0 Å². The number of nitrogens with zero attached hydrogens (tertiary/aromatic N) is 2. The average Bonchev–Trinajstić information content (AvgIpc) is 3.29. The van der Waals surface area contributed by atoms with E-state index in [0.29, 0.717) is 0 Å². The van der Waals surface area contributed by atoms with Crippen molar-refractivity contribution in [2.45, 2.75) is 13.8 Å². The average molecular weight is 428 g/mol. The SMILES string of the molecule is Cc1ccccc1-n1c(C)[n+](C)c2cc3cc4cc5c(cc4cc3cc21)oc1ccccc15. The lowest BCUT2D eigenvalue weighted by Gasteiger charge is -2.05. The smallest absolute Gasteiger partial charge is 0.259 e. The number of furan rings is 1. The maximum Gasteiger partial charge on any atom is 0.259 e. The summed E-state index contributed by atoms with van der Waals surface area (Å²) in [5, 5.41) is 7.26. The standard InChI is InChI=1S/C30H23N2O/c1-18-8-4-6-10-26(18)32-19(2)31(3)27-15-21-12-20-14-25-24-9-5-7-11-29(24)33-30(25)17-23(20)13-22(21)16-28(27)32/h4-17H,1-3H3/q+1. The molecule has 0 N–H and O–H groups in total. The van der Waals surface area contributed by atoms with Crippen LogP contribution in [-0.4, -0.2) is 4.57 Å². The molecule has 0 aliphatic rings. The van der Waals surface area contributed by atoms with E-state index in [1.54, 1.807) is 0 Å². The third-order valence-electron chi connectivity index (χ3n) is 7.15. The second kappa shape index (κ2) is 6.46. The van der Waals surface area contributed by atoms with Gasteiger partial charge in [0.1, 0.15) is 16.9 Å². The van der Waals surface area contributed by atoms with Gasteiger partial charge in [-0.25, -0.2) is 4.57 Å². The third kappa shape index (κ3) is 2.53. The lowest BCUT2D eigenvalue weighted by atomic mass is 10.0. The molecule has 0 spiro atoms. The molecule has 7 aromatic rings. The number of hydrogen-bond acceptors (Lipinski definition) is 1. The maximum atomic E-state index is 6.14. The fourth-order valence-corrected chi connectivity index (χ4v) is 5.31. The first-order valence-corrected chi connectivity index (χ1v) is 11.3. The molecule has 3 nitrogen and oxygen atoms in total. The first-order chi connectivity index (χ1) is 16.1. The van der Waals surface area contributed by atoms with Crippen molar-refractivity contribution in [2.24, 2.45) is 7.05 Å². The molecule has 158 valence electrons. The summed E-state index contributed by atoms with van der Waals surface area (Å²) < 4.78 is 10.8. The van der Waals surface area contributed by atoms with E-state index in [0.717, 1.165) is 11.2 Å². The molecule has 0 fully saturated rings. The van der Waals surface area contributed by atoms with E-state index >= 15 is 0 Å². The fourth-order valence-electron chi connectivity index (χ4n) is 5.31. The van der Waals surface area contributed by atoms with Crippen LogP contribution in [0, 0.1) is 13.8 Å². The van der Waals surface area contributed by atoms with Crippen molar-refractivity contribution < 1.29 is 8.98 Å². The largest absolute Gasteiger partial charge is 0.456 e. The highest BCUT2D eigenvalue weighted by Crippen LogP contribution is 2.35. The molecule has 0 atom stereocenters. The highest BCUT2D eigenvalue weighted by Gasteiger charge is 2.22. The predicted molar refractivity (Wildman–Crippen MR) is 136 cm³/mol. The normalized spacial score (nSPS) is 12.1. The van der Waals surface area contributed by atoms with Crippen LogP contribution in [0.1, 0.15) is 11.4 Å². The molecule has 2 aromatic heterocycles. The van der Waals surface area contributed by atoms with Crippen LogP contribution in [0.15, 0.2) is 89.3 Å². The summed E-state index contributed by atoms with van der Waals surface area (Å²) in [6.07, 6.45) is 0. The summed E-state index contributed by atoms with van der Waals surface area (Å²) in [6, 6.07) is 30.5. The van der Waals surface area contributed by atoms with E-state index in [-0.39, 0.29) is 0 Å². The topological polar surface area (TPSA) is 21.9 Å². The first-order valence-electron chi connectivity index (χ1n) is 11.3. The molecule has 5 aromatic carbocycles. The molecule has 7 rings (SSSR count). The van der Waals surface area contributed by atoms with Gasteiger partial charge in [0.15, 0.2) is 11.0 Å². The number of hydrogen-bond donors (Lipinski definition) is 0. The Morgan fingerprint density at radius 3 is 2.21 bits per heavy atom. The van der Waals surface area contributed by atoms with Crippen molar-refractivity contribution >= 4 is 54.5 Å². The van der Waals surface area contributed by atoms with Crippen LogP contribution in [0.4, 0.5) is 0 Å². The van der Waals surface area contributed by atoms with E-state index in [4.69, 9.17) is 4.42 Å². The van der Waals surface area contributed by atoms with Crippen molar-refractivity contribution in [2.75, 3.05) is 0 Å². The molecular weight excluding hydrogens is 404 g/mol. The molecule has 0 bridgehead atoms. The number of aromatic nitrogens is 2. The van der Waals surface area contributed by atoms with Gasteiger partial charge in [0.2, 0.25) is 0 Å². The van der Waals surface area contributed by atoms with Gasteiger partial charge in [-0.3, -0.25) is 0 Å². The van der Waals surface area contributed by atoms with Crippen LogP contribution < -0.4 is 4.57 Å². The van der Waals surface area contributed by atoms with E-state index in [1.165, 1.54) is 60.4 Å². The van der Waals surface area contributed by atoms with E-state index in [1.807, 2.05) is 12.1 Å². The first kappa shape index (κ1) is 18.5. The minimum absolute atomic E-state index is 0.938. The van der Waals surface area contributed by atoms with Gasteiger partial charge in [-0.2, -0.15) is 4.57 Å². The Hall–Kier alpha value is -4.11. The zero-order chi connectivity index (χ0) is 22.3. The number of imidazole rings is 1. The summed E-state index contributed by atoms with van der Waals surface area (Å²) in [4.78, 5) is 0. The van der Waals surface area contributed by atoms with Crippen molar-refractivity contribution in [1.82, 2.24) is 4.57 Å². The molecule has 0 unspecified atom stereocenters. The summed E-state index contributed by atoms with van der Waals surface area (Å²) in [5.41, 5.74) is 6.83. The lowest BCUT2D eigenvalue weighted by Crippen LogP contribution is -2.30. The predicted octanol–water partition coefficient (Wildman–Crippen LogP) is 7.28. The Morgan fingerprint density at radius 1 is 0.667 bits per heavy atom. The Balaban J connectivity index is 1.56. The minimum Gasteiger partial charge on any atom is -0.456 e. The van der Waals surface area contributed by atoms with Crippen LogP contribution in [0.3, 0.4) is 0 Å². The molecule has 0 aliphatic carbocycles. The molecular formula is C30H23N2O+. The molecule has 33 heavy (non-hydrogen) atoms. The summed E-state index contributed by atoms with van der Waals surface area (Å²) in [5.74, 6) is 1.21. The monoisotopic (exact) mass is 427 g/mol. The van der Waals surface area contributed by atoms with Crippen molar-refractivity contribution in [1.29, 1.82) is 0 Å². The summed E-state index contributed by atoms with van der Waals surface area (Å²) >= 11 is 0. The summed E-state index contributed by atoms with van der Waals surface area (Å²) in [7, 11) is 2.15. The molecule has 0 saturated heterocycles. The second-order valence-corrected chi connectivity index (χ2v) is 9.06. The van der Waals surface area contributed by atoms with E-state index in [2.05, 4.69) is 103 Å². The Morgan fingerprint density at radius 2 is 1.36 bits per heavy atom. The Labute approximate surface area is 191 Å². The Bertz CT molecular complexity index is 1900. The van der Waals surface area contributed by atoms with Crippen LogP contribution in [0.5, 0.6) is 0 Å². The number of para-hydroxylation sites is 2. The van der Waals surface area contributed by atoms with Gasteiger partial charge in [-0.15, -0.1) is 0 Å². The highest BCUT2D eigenvalue weighted by molar-refractivity contribution is 6.12. The van der Waals surface area contributed by atoms with E-state index < -0.39 is 0 Å². The molecule has 0 saturated carbocycles. The van der Waals surface area contributed by atoms with Crippen LogP contribution in [-0.2, 0) is 7.05 Å². The summed E-state index contributed by atoms with van der Waals surface area (Å²) in [6.45, 7) is 4.36. The van der Waals surface area contributed by atoms with Crippen molar-refractivity contribution in [3.8, 4) is 5.69 Å². The van der Waals surface area contributed by atoms with Gasteiger partial charge in [-0.1, -0.05) is 36.4 Å². The van der Waals surface area contributed by atoms with Gasteiger partial charge in [0, 0.05) is 17.7 Å². The van der Waals surface area contributed by atoms with E-state index in [9.17, 15) is 0 Å². The zero-order valence-corrected chi connectivity index (χ0v) is 18.9. The Kier molecular flexibility index (Phi) is 3.61. The van der Waals surface area contributed by atoms with Gasteiger partial charge in [-0.05, 0) is 82.6 Å². The molecule has 0 aliphatic heterocycles. The zero-order valence-electron chi connectivity index (χ0n) is 18.9. The number of rotatable bonds is 1. The number of aryl methyl sites for hydroxylation is 2. The molecule has 0 amide bonds. The van der Waals surface area contributed by atoms with Crippen LogP contribution >= 0.6 is 0 Å². The number of benzene rings is 5. The third-order valence-corrected chi connectivity index (χ3v) is 7.15. The van der Waals surface area contributed by atoms with Crippen molar-refractivity contribution in [3.05, 3.63) is 96.3 Å². The van der Waals surface area contributed by atoms with Crippen LogP contribution in [0.25, 0.3) is 60.2 Å². The van der Waals surface area contributed by atoms with Gasteiger partial charge in [0.05, 0.1) is 7.05 Å². The highest BCUT2D eigenvalue weighted by atomic mass is 16.3. The quantitative estimate of drug-likeness (QED) is 0.199. The van der Waals surface area contributed by atoms with Gasteiger partial charge < -0.3 is 4.42 Å².